The molecule has 34 heavy (non-hydrogen) atoms. The van der Waals surface area contributed by atoms with E-state index in [1.807, 2.05) is 20.2 Å². The minimum Gasteiger partial charge on any atom is -0.338 e. The Bertz CT molecular complexity index is 1360. The molecule has 1 amide bonds. The predicted molar refractivity (Wildman–Crippen MR) is 124 cm³/mol. The number of nitrogens with one attached hydrogen (secondary N) is 2. The number of aromatic nitrogens is 5. The zero-order valence-corrected chi connectivity index (χ0v) is 19.1. The van der Waals surface area contributed by atoms with Crippen molar-refractivity contribution in [1.29, 1.82) is 0 Å². The van der Waals surface area contributed by atoms with Crippen molar-refractivity contribution in [2.45, 2.75) is 38.5 Å². The van der Waals surface area contributed by atoms with Crippen molar-refractivity contribution < 1.29 is 13.7 Å². The second-order valence-corrected chi connectivity index (χ2v) is 8.89. The Balaban J connectivity index is 1.23. The van der Waals surface area contributed by atoms with E-state index in [4.69, 9.17) is 4.52 Å². The molecule has 1 aromatic carbocycles. The summed E-state index contributed by atoms with van der Waals surface area (Å²) in [5.41, 5.74) is 4.07. The van der Waals surface area contributed by atoms with E-state index in [9.17, 15) is 9.18 Å². The molecule has 4 aromatic rings. The van der Waals surface area contributed by atoms with E-state index in [1.54, 1.807) is 35.3 Å². The van der Waals surface area contributed by atoms with Gasteiger partial charge < -0.3 is 9.84 Å². The topological polar surface area (TPSA) is 111 Å². The highest BCUT2D eigenvalue weighted by Gasteiger charge is 2.42. The van der Waals surface area contributed by atoms with Gasteiger partial charge in [-0.05, 0) is 37.0 Å². The Kier molecular flexibility index (Phi) is 5.35. The summed E-state index contributed by atoms with van der Waals surface area (Å²) >= 11 is 0. The maximum absolute atomic E-state index is 14.7. The maximum Gasteiger partial charge on any atom is 0.231 e. The van der Waals surface area contributed by atoms with Crippen LogP contribution in [0.15, 0.2) is 47.4 Å². The van der Waals surface area contributed by atoms with Gasteiger partial charge >= 0.3 is 0 Å². The first-order chi connectivity index (χ1) is 16.3. The van der Waals surface area contributed by atoms with Gasteiger partial charge in [0.2, 0.25) is 17.7 Å². The number of hydrogen-bond acceptors (Lipinski definition) is 7. The lowest BCUT2D eigenvalue weighted by atomic mass is 10.0. The van der Waals surface area contributed by atoms with Crippen LogP contribution in [0.3, 0.4) is 0 Å². The molecule has 0 radical (unpaired) electrons. The first-order valence-electron chi connectivity index (χ1n) is 10.9. The summed E-state index contributed by atoms with van der Waals surface area (Å²) in [6.07, 6.45) is 7.06. The van der Waals surface area contributed by atoms with Gasteiger partial charge in [-0.1, -0.05) is 24.2 Å². The molecule has 1 aliphatic carbocycles. The maximum atomic E-state index is 14.7. The van der Waals surface area contributed by atoms with E-state index in [1.165, 1.54) is 6.07 Å². The number of rotatable bonds is 7. The van der Waals surface area contributed by atoms with E-state index < -0.39 is 5.82 Å². The van der Waals surface area contributed by atoms with E-state index in [0.717, 1.165) is 29.9 Å². The van der Waals surface area contributed by atoms with E-state index in [-0.39, 0.29) is 29.2 Å². The number of halogens is 1. The molecule has 174 valence electrons. The molecule has 1 fully saturated rings. The highest BCUT2D eigenvalue weighted by Crippen LogP contribution is 2.47. The lowest BCUT2D eigenvalue weighted by Gasteiger charge is -2.07. The molecule has 5 rings (SSSR count). The number of carbonyl (C=O) groups excluding carboxylic acids is 1. The number of anilines is 3. The average Bonchev–Trinajstić information content (AvgIpc) is 3.22. The number of hydrogen-bond donors (Lipinski definition) is 2. The zero-order chi connectivity index (χ0) is 23.9. The van der Waals surface area contributed by atoms with Gasteiger partial charge in [-0.15, -0.1) is 0 Å². The van der Waals surface area contributed by atoms with Crippen LogP contribution in [0.2, 0.25) is 0 Å². The van der Waals surface area contributed by atoms with Crippen molar-refractivity contribution in [1.82, 2.24) is 24.9 Å². The molecule has 2 N–H and O–H groups in total. The van der Waals surface area contributed by atoms with Crippen molar-refractivity contribution >= 4 is 23.4 Å². The number of aryl methyl sites for hydroxylation is 2. The molecular formula is C24H24FN7O2. The highest BCUT2D eigenvalue weighted by molar-refractivity contribution is 5.91. The van der Waals surface area contributed by atoms with Crippen molar-refractivity contribution in [2.24, 2.45) is 7.05 Å². The Labute approximate surface area is 195 Å². The third kappa shape index (κ3) is 4.52. The fourth-order valence-corrected chi connectivity index (χ4v) is 3.67. The van der Waals surface area contributed by atoms with Crippen LogP contribution in [0.1, 0.15) is 36.7 Å². The smallest absolute Gasteiger partial charge is 0.231 e. The number of carbonyl (C=O) groups is 1. The van der Waals surface area contributed by atoms with E-state index in [0.29, 0.717) is 17.1 Å². The molecule has 0 aliphatic heterocycles. The lowest BCUT2D eigenvalue weighted by molar-refractivity contribution is -0.115. The van der Waals surface area contributed by atoms with Gasteiger partial charge in [0, 0.05) is 42.7 Å². The summed E-state index contributed by atoms with van der Waals surface area (Å²) in [5, 5.41) is 14.0. The molecule has 3 heterocycles. The number of amides is 1. The van der Waals surface area contributed by atoms with Crippen molar-refractivity contribution in [3.63, 3.8) is 0 Å². The average molecular weight is 462 g/mol. The molecule has 1 saturated carbocycles. The fraction of sp³-hybridized carbons (Fsp3) is 0.292. The van der Waals surface area contributed by atoms with Crippen LogP contribution < -0.4 is 10.6 Å². The third-order valence-corrected chi connectivity index (χ3v) is 6.04. The summed E-state index contributed by atoms with van der Waals surface area (Å²) in [6.45, 7) is 3.99. The number of benzene rings is 1. The van der Waals surface area contributed by atoms with Crippen LogP contribution in [0.5, 0.6) is 0 Å². The standard InChI is InChI=1S/C24H24FN7O2/c1-14-19(13-32(3)30-14)28-23-26-11-17(12-27-23)15-4-5-16(18(25)8-15)9-21(33)29-22-10-20(31-34-22)24(2)6-7-24/h4-5,8,10-13H,6-7,9H2,1-3H3,(H,29,33)(H,26,27,28). The Morgan fingerprint density at radius 1 is 1.21 bits per heavy atom. The zero-order valence-electron chi connectivity index (χ0n) is 19.1. The summed E-state index contributed by atoms with van der Waals surface area (Å²) in [5.74, 6) is -0.165. The monoisotopic (exact) mass is 461 g/mol. The third-order valence-electron chi connectivity index (χ3n) is 6.04. The molecule has 0 saturated heterocycles. The highest BCUT2D eigenvalue weighted by atomic mass is 19.1. The molecule has 0 spiro atoms. The Morgan fingerprint density at radius 3 is 2.62 bits per heavy atom. The lowest BCUT2D eigenvalue weighted by Crippen LogP contribution is -2.14. The second kappa shape index (κ2) is 8.36. The first-order valence-corrected chi connectivity index (χ1v) is 10.9. The van der Waals surface area contributed by atoms with Crippen molar-refractivity contribution in [3.05, 3.63) is 65.6 Å². The van der Waals surface area contributed by atoms with Gasteiger partial charge in [0.1, 0.15) is 5.82 Å². The first kappa shape index (κ1) is 21.7. The summed E-state index contributed by atoms with van der Waals surface area (Å²) in [4.78, 5) is 21.0. The van der Waals surface area contributed by atoms with Crippen LogP contribution >= 0.6 is 0 Å². The minimum absolute atomic E-state index is 0.0457. The molecule has 3 aromatic heterocycles. The van der Waals surface area contributed by atoms with Crippen LogP contribution in [-0.4, -0.2) is 30.8 Å². The van der Waals surface area contributed by atoms with Gasteiger partial charge in [0.25, 0.3) is 0 Å². The van der Waals surface area contributed by atoms with Crippen LogP contribution in [0.4, 0.5) is 21.9 Å². The summed E-state index contributed by atoms with van der Waals surface area (Å²) < 4.78 is 21.6. The van der Waals surface area contributed by atoms with Gasteiger partial charge in [0.15, 0.2) is 0 Å². The fourth-order valence-electron chi connectivity index (χ4n) is 3.67. The van der Waals surface area contributed by atoms with E-state index >= 15 is 0 Å². The van der Waals surface area contributed by atoms with E-state index in [2.05, 4.69) is 37.8 Å². The molecule has 0 bridgehead atoms. The van der Waals surface area contributed by atoms with Gasteiger partial charge in [-0.2, -0.15) is 5.10 Å². The Hall–Kier alpha value is -4.08. The molecular weight excluding hydrogens is 437 g/mol. The van der Waals surface area contributed by atoms with Gasteiger partial charge in [-0.25, -0.2) is 14.4 Å². The molecule has 1 aliphatic rings. The Morgan fingerprint density at radius 2 is 1.97 bits per heavy atom. The largest absolute Gasteiger partial charge is 0.338 e. The normalized spacial score (nSPS) is 14.1. The van der Waals surface area contributed by atoms with Crippen molar-refractivity contribution in [2.75, 3.05) is 10.6 Å². The van der Waals surface area contributed by atoms with Crippen LogP contribution in [0.25, 0.3) is 11.1 Å². The molecule has 9 nitrogen and oxygen atoms in total. The molecule has 0 unspecified atom stereocenters. The summed E-state index contributed by atoms with van der Waals surface area (Å²) in [6, 6.07) is 6.44. The van der Waals surface area contributed by atoms with Crippen LogP contribution in [-0.2, 0) is 23.7 Å². The van der Waals surface area contributed by atoms with Crippen LogP contribution in [0, 0.1) is 12.7 Å². The molecule has 0 atom stereocenters. The van der Waals surface area contributed by atoms with Gasteiger partial charge in [0.05, 0.1) is 23.5 Å². The minimum atomic E-state index is -0.482. The van der Waals surface area contributed by atoms with Crippen molar-refractivity contribution in [3.8, 4) is 11.1 Å². The molecule has 10 heteroatoms. The second-order valence-electron chi connectivity index (χ2n) is 8.89. The SMILES string of the molecule is Cc1nn(C)cc1Nc1ncc(-c2ccc(CC(=O)Nc3cc(C4(C)CC4)no3)c(F)c2)cn1. The number of nitrogens with zero attached hydrogens (tertiary/aromatic N) is 5. The van der Waals surface area contributed by atoms with Gasteiger partial charge in [-0.3, -0.25) is 14.8 Å². The summed E-state index contributed by atoms with van der Waals surface area (Å²) in [7, 11) is 1.84. The quantitative estimate of drug-likeness (QED) is 0.422. The predicted octanol–water partition coefficient (Wildman–Crippen LogP) is 4.29.